The van der Waals surface area contributed by atoms with Crippen LogP contribution in [0, 0.1) is 0 Å². The van der Waals surface area contributed by atoms with E-state index >= 15 is 0 Å². The van der Waals surface area contributed by atoms with Crippen LogP contribution in [-0.2, 0) is 11.2 Å². The lowest BCUT2D eigenvalue weighted by Gasteiger charge is -2.11. The number of amides is 1. The Kier molecular flexibility index (Phi) is 5.21. The van der Waals surface area contributed by atoms with Crippen LogP contribution in [0.25, 0.3) is 0 Å². The minimum Gasteiger partial charge on any atom is -0.355 e. The topological polar surface area (TPSA) is 41.1 Å². The van der Waals surface area contributed by atoms with Crippen LogP contribution >= 0.6 is 0 Å². The lowest BCUT2D eigenvalue weighted by Crippen LogP contribution is -2.38. The first kappa shape index (κ1) is 13.1. The quantitative estimate of drug-likeness (QED) is 0.804. The third-order valence-corrected chi connectivity index (χ3v) is 3.49. The standard InChI is InChI=1S/C15H22N2O/c18-15(12-17-14-8-4-5-9-14)16-11-10-13-6-2-1-3-7-13/h1-3,6-7,14,17H,4-5,8-12H2,(H,16,18). The zero-order valence-corrected chi connectivity index (χ0v) is 10.8. The largest absolute Gasteiger partial charge is 0.355 e. The minimum absolute atomic E-state index is 0.109. The molecule has 3 heteroatoms. The molecular weight excluding hydrogens is 224 g/mol. The van der Waals surface area contributed by atoms with Crippen molar-refractivity contribution >= 4 is 5.91 Å². The Bertz CT molecular complexity index is 358. The maximum atomic E-state index is 11.6. The van der Waals surface area contributed by atoms with Crippen LogP contribution in [-0.4, -0.2) is 25.0 Å². The normalized spacial score (nSPS) is 15.8. The van der Waals surface area contributed by atoms with E-state index in [-0.39, 0.29) is 5.91 Å². The minimum atomic E-state index is 0.109. The molecule has 0 unspecified atom stereocenters. The molecule has 2 N–H and O–H groups in total. The first-order valence-electron chi connectivity index (χ1n) is 6.88. The van der Waals surface area contributed by atoms with E-state index in [0.717, 1.165) is 13.0 Å². The summed E-state index contributed by atoms with van der Waals surface area (Å²) in [5, 5.41) is 6.27. The molecule has 0 radical (unpaired) electrons. The van der Waals surface area contributed by atoms with Crippen molar-refractivity contribution in [3.05, 3.63) is 35.9 Å². The van der Waals surface area contributed by atoms with Crippen LogP contribution in [0.3, 0.4) is 0 Å². The highest BCUT2D eigenvalue weighted by atomic mass is 16.1. The van der Waals surface area contributed by atoms with Crippen LogP contribution in [0.2, 0.25) is 0 Å². The Morgan fingerprint density at radius 2 is 1.89 bits per heavy atom. The highest BCUT2D eigenvalue weighted by Gasteiger charge is 2.14. The van der Waals surface area contributed by atoms with Gasteiger partial charge in [0.05, 0.1) is 6.54 Å². The zero-order valence-electron chi connectivity index (χ0n) is 10.8. The predicted octanol–water partition coefficient (Wildman–Crippen LogP) is 1.88. The van der Waals surface area contributed by atoms with Gasteiger partial charge in [0.2, 0.25) is 5.91 Å². The third kappa shape index (κ3) is 4.49. The van der Waals surface area contributed by atoms with Gasteiger partial charge in [-0.05, 0) is 24.8 Å². The Labute approximate surface area is 109 Å². The van der Waals surface area contributed by atoms with Crippen molar-refractivity contribution < 1.29 is 4.79 Å². The first-order chi connectivity index (χ1) is 8.84. The second kappa shape index (κ2) is 7.17. The molecule has 18 heavy (non-hydrogen) atoms. The van der Waals surface area contributed by atoms with Crippen molar-refractivity contribution in [2.75, 3.05) is 13.1 Å². The number of nitrogens with one attached hydrogen (secondary N) is 2. The summed E-state index contributed by atoms with van der Waals surface area (Å²) in [4.78, 5) is 11.6. The number of benzene rings is 1. The van der Waals surface area contributed by atoms with Gasteiger partial charge in [-0.1, -0.05) is 43.2 Å². The van der Waals surface area contributed by atoms with Crippen molar-refractivity contribution in [3.63, 3.8) is 0 Å². The summed E-state index contributed by atoms with van der Waals surface area (Å²) in [6.07, 6.45) is 5.94. The van der Waals surface area contributed by atoms with Crippen molar-refractivity contribution in [1.82, 2.24) is 10.6 Å². The summed E-state index contributed by atoms with van der Waals surface area (Å²) in [5.41, 5.74) is 1.27. The summed E-state index contributed by atoms with van der Waals surface area (Å²) in [5.74, 6) is 0.109. The molecule has 0 bridgehead atoms. The first-order valence-corrected chi connectivity index (χ1v) is 6.88. The molecule has 0 spiro atoms. The molecule has 1 amide bonds. The third-order valence-electron chi connectivity index (χ3n) is 3.49. The smallest absolute Gasteiger partial charge is 0.233 e. The van der Waals surface area contributed by atoms with Crippen LogP contribution in [0.4, 0.5) is 0 Å². The van der Waals surface area contributed by atoms with Crippen LogP contribution in [0.5, 0.6) is 0 Å². The fourth-order valence-corrected chi connectivity index (χ4v) is 2.42. The zero-order chi connectivity index (χ0) is 12.6. The summed E-state index contributed by atoms with van der Waals surface area (Å²) in [6.45, 7) is 1.18. The molecule has 1 fully saturated rings. The molecular formula is C15H22N2O. The van der Waals surface area contributed by atoms with Gasteiger partial charge in [0.1, 0.15) is 0 Å². The molecule has 98 valence electrons. The van der Waals surface area contributed by atoms with Gasteiger partial charge in [0.25, 0.3) is 0 Å². The monoisotopic (exact) mass is 246 g/mol. The molecule has 1 aliphatic carbocycles. The SMILES string of the molecule is O=C(CNC1CCCC1)NCCc1ccccc1. The van der Waals surface area contributed by atoms with Gasteiger partial charge in [-0.15, -0.1) is 0 Å². The van der Waals surface area contributed by atoms with Crippen molar-refractivity contribution in [2.45, 2.75) is 38.1 Å². The van der Waals surface area contributed by atoms with Crippen molar-refractivity contribution in [1.29, 1.82) is 0 Å². The van der Waals surface area contributed by atoms with E-state index in [1.54, 1.807) is 0 Å². The van der Waals surface area contributed by atoms with Crippen molar-refractivity contribution in [3.8, 4) is 0 Å². The lowest BCUT2D eigenvalue weighted by molar-refractivity contribution is -0.120. The lowest BCUT2D eigenvalue weighted by atomic mass is 10.1. The molecule has 1 aromatic carbocycles. The molecule has 3 nitrogen and oxygen atoms in total. The molecule has 1 aliphatic rings. The van der Waals surface area contributed by atoms with Crippen LogP contribution < -0.4 is 10.6 Å². The Balaban J connectivity index is 1.57. The van der Waals surface area contributed by atoms with Gasteiger partial charge < -0.3 is 10.6 Å². The molecule has 0 heterocycles. The molecule has 0 aromatic heterocycles. The van der Waals surface area contributed by atoms with Gasteiger partial charge in [-0.25, -0.2) is 0 Å². The number of carbonyl (C=O) groups excluding carboxylic acids is 1. The Hall–Kier alpha value is -1.35. The van der Waals surface area contributed by atoms with Gasteiger partial charge in [0.15, 0.2) is 0 Å². The van der Waals surface area contributed by atoms with Crippen molar-refractivity contribution in [2.24, 2.45) is 0 Å². The molecule has 2 rings (SSSR count). The summed E-state index contributed by atoms with van der Waals surface area (Å²) < 4.78 is 0. The second-order valence-electron chi connectivity index (χ2n) is 4.95. The average molecular weight is 246 g/mol. The summed E-state index contributed by atoms with van der Waals surface area (Å²) >= 11 is 0. The average Bonchev–Trinajstić information content (AvgIpc) is 2.91. The van der Waals surface area contributed by atoms with Gasteiger partial charge >= 0.3 is 0 Å². The number of carbonyl (C=O) groups is 1. The predicted molar refractivity (Wildman–Crippen MR) is 73.4 cm³/mol. The van der Waals surface area contributed by atoms with E-state index in [1.165, 1.54) is 31.2 Å². The van der Waals surface area contributed by atoms with E-state index in [1.807, 2.05) is 18.2 Å². The highest BCUT2D eigenvalue weighted by molar-refractivity contribution is 5.78. The molecule has 0 aliphatic heterocycles. The van der Waals surface area contributed by atoms with Crippen LogP contribution in [0.15, 0.2) is 30.3 Å². The van der Waals surface area contributed by atoms with E-state index in [4.69, 9.17) is 0 Å². The fourth-order valence-electron chi connectivity index (χ4n) is 2.42. The molecule has 0 atom stereocenters. The molecule has 1 saturated carbocycles. The maximum absolute atomic E-state index is 11.6. The van der Waals surface area contributed by atoms with Crippen LogP contribution in [0.1, 0.15) is 31.2 Å². The molecule has 0 saturated heterocycles. The maximum Gasteiger partial charge on any atom is 0.233 e. The number of rotatable bonds is 6. The summed E-state index contributed by atoms with van der Waals surface area (Å²) in [6, 6.07) is 10.8. The summed E-state index contributed by atoms with van der Waals surface area (Å²) in [7, 11) is 0. The number of hydrogen-bond donors (Lipinski definition) is 2. The van der Waals surface area contributed by atoms with Gasteiger partial charge in [-0.3, -0.25) is 4.79 Å². The van der Waals surface area contributed by atoms with E-state index < -0.39 is 0 Å². The number of hydrogen-bond acceptors (Lipinski definition) is 2. The highest BCUT2D eigenvalue weighted by Crippen LogP contribution is 2.17. The fraction of sp³-hybridized carbons (Fsp3) is 0.533. The van der Waals surface area contributed by atoms with E-state index in [2.05, 4.69) is 22.8 Å². The van der Waals surface area contributed by atoms with E-state index in [0.29, 0.717) is 12.6 Å². The Morgan fingerprint density at radius 1 is 1.17 bits per heavy atom. The Morgan fingerprint density at radius 3 is 2.61 bits per heavy atom. The van der Waals surface area contributed by atoms with Gasteiger partial charge in [-0.2, -0.15) is 0 Å². The second-order valence-corrected chi connectivity index (χ2v) is 4.95. The van der Waals surface area contributed by atoms with Gasteiger partial charge in [0, 0.05) is 12.6 Å². The molecule has 1 aromatic rings. The van der Waals surface area contributed by atoms with E-state index in [9.17, 15) is 4.79 Å².